The number of phenolic OH excluding ortho intramolecular Hbond substituents is 1. The summed E-state index contributed by atoms with van der Waals surface area (Å²) in [7, 11) is 0. The molecular weight excluding hydrogens is 307 g/mol. The number of hydrogen-bond acceptors (Lipinski definition) is 3. The molecule has 1 atom stereocenters. The lowest BCUT2D eigenvalue weighted by atomic mass is 10.0. The highest BCUT2D eigenvalue weighted by atomic mass is 35.5. The molecule has 1 aliphatic rings. The average Bonchev–Trinajstić information content (AvgIpc) is 2.90. The maximum Gasteiger partial charge on any atom is 0.124 e. The summed E-state index contributed by atoms with van der Waals surface area (Å²) in [6, 6.07) is 10.7. The van der Waals surface area contributed by atoms with E-state index in [1.54, 1.807) is 18.2 Å². The van der Waals surface area contributed by atoms with Crippen LogP contribution in [0.5, 0.6) is 5.75 Å². The predicted octanol–water partition coefficient (Wildman–Crippen LogP) is 4.20. The number of rotatable bonds is 2. The molecule has 0 unspecified atom stereocenters. The van der Waals surface area contributed by atoms with Crippen molar-refractivity contribution < 1.29 is 5.11 Å². The fourth-order valence-electron chi connectivity index (χ4n) is 2.39. The summed E-state index contributed by atoms with van der Waals surface area (Å²) in [5, 5.41) is 11.2. The molecular formula is C16H14Cl2N2O. The van der Waals surface area contributed by atoms with Crippen LogP contribution in [0.3, 0.4) is 0 Å². The zero-order valence-electron chi connectivity index (χ0n) is 11.3. The van der Waals surface area contributed by atoms with Crippen molar-refractivity contribution in [2.24, 2.45) is 0 Å². The maximum absolute atomic E-state index is 10.0. The lowest BCUT2D eigenvalue weighted by molar-refractivity contribution is 0.472. The Bertz CT molecular complexity index is 708. The smallest absolute Gasteiger partial charge is 0.124 e. The van der Waals surface area contributed by atoms with Gasteiger partial charge in [-0.2, -0.15) is 0 Å². The molecule has 0 fully saturated rings. The molecule has 0 amide bonds. The first-order valence-corrected chi connectivity index (χ1v) is 7.29. The van der Waals surface area contributed by atoms with Crippen LogP contribution >= 0.6 is 23.2 Å². The predicted molar refractivity (Wildman–Crippen MR) is 86.3 cm³/mol. The van der Waals surface area contributed by atoms with Gasteiger partial charge in [0.1, 0.15) is 5.75 Å². The van der Waals surface area contributed by atoms with Gasteiger partial charge in [0.15, 0.2) is 0 Å². The summed E-state index contributed by atoms with van der Waals surface area (Å²) in [5.41, 5.74) is 9.64. The van der Waals surface area contributed by atoms with Gasteiger partial charge in [-0.1, -0.05) is 40.9 Å². The number of aromatic hydroxyl groups is 1. The molecule has 1 aliphatic heterocycles. The first kappa shape index (κ1) is 14.3. The fraction of sp³-hybridized carbons (Fsp3) is 0.125. The summed E-state index contributed by atoms with van der Waals surface area (Å²) >= 11 is 12.5. The van der Waals surface area contributed by atoms with Crippen LogP contribution < -0.4 is 10.9 Å². The van der Waals surface area contributed by atoms with E-state index in [-0.39, 0.29) is 11.8 Å². The van der Waals surface area contributed by atoms with E-state index in [2.05, 4.69) is 10.9 Å². The highest BCUT2D eigenvalue weighted by molar-refractivity contribution is 6.36. The molecule has 3 rings (SSSR count). The van der Waals surface area contributed by atoms with Crippen molar-refractivity contribution >= 4 is 28.9 Å². The zero-order chi connectivity index (χ0) is 15.0. The lowest BCUT2D eigenvalue weighted by Gasteiger charge is -2.12. The van der Waals surface area contributed by atoms with Gasteiger partial charge >= 0.3 is 0 Å². The van der Waals surface area contributed by atoms with Gasteiger partial charge in [-0.25, -0.2) is 5.43 Å². The molecule has 0 saturated carbocycles. The van der Waals surface area contributed by atoms with E-state index in [4.69, 9.17) is 23.2 Å². The number of aryl methyl sites for hydroxylation is 1. The summed E-state index contributed by atoms with van der Waals surface area (Å²) in [6.45, 7) is 1.98. The van der Waals surface area contributed by atoms with Crippen molar-refractivity contribution in [3.05, 3.63) is 69.2 Å². The summed E-state index contributed by atoms with van der Waals surface area (Å²) in [4.78, 5) is 0. The SMILES string of the molecule is Cc1ccc(O)c(C2=C[C@@H](c3c(Cl)cccc3Cl)NN2)c1. The maximum atomic E-state index is 10.0. The van der Waals surface area contributed by atoms with Crippen LogP contribution in [0.2, 0.25) is 10.0 Å². The van der Waals surface area contributed by atoms with Crippen molar-refractivity contribution in [1.82, 2.24) is 10.9 Å². The third-order valence-corrected chi connectivity index (χ3v) is 4.11. The van der Waals surface area contributed by atoms with Gasteiger partial charge in [0.05, 0.1) is 11.7 Å². The molecule has 0 bridgehead atoms. The first-order valence-electron chi connectivity index (χ1n) is 6.53. The van der Waals surface area contributed by atoms with E-state index >= 15 is 0 Å². The molecule has 5 heteroatoms. The van der Waals surface area contributed by atoms with Crippen molar-refractivity contribution in [3.8, 4) is 5.75 Å². The van der Waals surface area contributed by atoms with Gasteiger partial charge in [0.25, 0.3) is 0 Å². The van der Waals surface area contributed by atoms with Crippen LogP contribution in [-0.2, 0) is 0 Å². The molecule has 0 saturated heterocycles. The Morgan fingerprint density at radius 3 is 2.52 bits per heavy atom. The number of nitrogens with one attached hydrogen (secondary N) is 2. The van der Waals surface area contributed by atoms with Crippen molar-refractivity contribution in [3.63, 3.8) is 0 Å². The second kappa shape index (κ2) is 5.60. The van der Waals surface area contributed by atoms with Crippen LogP contribution in [0.1, 0.15) is 22.7 Å². The van der Waals surface area contributed by atoms with Gasteiger partial charge in [-0.15, -0.1) is 0 Å². The van der Waals surface area contributed by atoms with Crippen molar-refractivity contribution in [2.75, 3.05) is 0 Å². The van der Waals surface area contributed by atoms with Crippen molar-refractivity contribution in [1.29, 1.82) is 0 Å². The molecule has 108 valence electrons. The van der Waals surface area contributed by atoms with E-state index in [9.17, 15) is 5.11 Å². The third kappa shape index (κ3) is 2.72. The Morgan fingerprint density at radius 1 is 1.10 bits per heavy atom. The number of hydrazine groups is 1. The van der Waals surface area contributed by atoms with Gasteiger partial charge in [-0.05, 0) is 37.3 Å². The molecule has 0 aromatic heterocycles. The monoisotopic (exact) mass is 320 g/mol. The molecule has 2 aromatic carbocycles. The van der Waals surface area contributed by atoms with E-state index in [1.807, 2.05) is 31.2 Å². The fourth-order valence-corrected chi connectivity index (χ4v) is 3.02. The Kier molecular flexibility index (Phi) is 3.81. The Balaban J connectivity index is 2.00. The normalized spacial score (nSPS) is 17.5. The summed E-state index contributed by atoms with van der Waals surface area (Å²) in [5.74, 6) is 0.229. The van der Waals surface area contributed by atoms with Crippen LogP contribution in [0.25, 0.3) is 5.70 Å². The van der Waals surface area contributed by atoms with E-state index < -0.39 is 0 Å². The molecule has 21 heavy (non-hydrogen) atoms. The highest BCUT2D eigenvalue weighted by Gasteiger charge is 2.23. The molecule has 0 aliphatic carbocycles. The second-order valence-electron chi connectivity index (χ2n) is 4.98. The lowest BCUT2D eigenvalue weighted by Crippen LogP contribution is -2.26. The van der Waals surface area contributed by atoms with Gasteiger partial charge < -0.3 is 10.5 Å². The van der Waals surface area contributed by atoms with Gasteiger partial charge in [0, 0.05) is 21.2 Å². The van der Waals surface area contributed by atoms with Crippen molar-refractivity contribution in [2.45, 2.75) is 13.0 Å². The van der Waals surface area contributed by atoms with Crippen LogP contribution in [0, 0.1) is 6.92 Å². The Hall–Kier alpha value is -1.68. The number of phenols is 1. The van der Waals surface area contributed by atoms with E-state index in [1.165, 1.54) is 0 Å². The quantitative estimate of drug-likeness (QED) is 0.777. The second-order valence-corrected chi connectivity index (χ2v) is 5.80. The molecule has 3 N–H and O–H groups in total. The van der Waals surface area contributed by atoms with E-state index in [0.29, 0.717) is 10.0 Å². The molecule has 3 nitrogen and oxygen atoms in total. The first-order chi connectivity index (χ1) is 10.1. The molecule has 1 heterocycles. The average molecular weight is 321 g/mol. The topological polar surface area (TPSA) is 44.3 Å². The molecule has 0 spiro atoms. The Morgan fingerprint density at radius 2 is 1.81 bits per heavy atom. The minimum atomic E-state index is -0.152. The van der Waals surface area contributed by atoms with Crippen LogP contribution in [-0.4, -0.2) is 5.11 Å². The standard InChI is InChI=1S/C16H14Cl2N2O/c1-9-5-6-15(21)10(7-9)13-8-14(20-19-13)16-11(17)3-2-4-12(16)18/h2-8,14,19-21H,1H3/t14-/m0/s1. The molecule has 0 radical (unpaired) electrons. The number of halogens is 2. The minimum absolute atomic E-state index is 0.152. The van der Waals surface area contributed by atoms with Gasteiger partial charge in [0.2, 0.25) is 0 Å². The third-order valence-electron chi connectivity index (χ3n) is 3.45. The summed E-state index contributed by atoms with van der Waals surface area (Å²) in [6.07, 6.45) is 1.96. The number of hydrogen-bond donors (Lipinski definition) is 3. The highest BCUT2D eigenvalue weighted by Crippen LogP contribution is 2.35. The minimum Gasteiger partial charge on any atom is -0.507 e. The van der Waals surface area contributed by atoms with Crippen LogP contribution in [0.4, 0.5) is 0 Å². The molecule has 2 aromatic rings. The van der Waals surface area contributed by atoms with Crippen LogP contribution in [0.15, 0.2) is 42.5 Å². The van der Waals surface area contributed by atoms with Gasteiger partial charge in [-0.3, -0.25) is 0 Å². The van der Waals surface area contributed by atoms with E-state index in [0.717, 1.165) is 22.4 Å². The zero-order valence-corrected chi connectivity index (χ0v) is 12.8. The Labute approximate surface area is 133 Å². The number of benzene rings is 2. The summed E-state index contributed by atoms with van der Waals surface area (Å²) < 4.78 is 0. The largest absolute Gasteiger partial charge is 0.507 e.